The van der Waals surface area contributed by atoms with Gasteiger partial charge in [-0.25, -0.2) is 0 Å². The van der Waals surface area contributed by atoms with E-state index in [9.17, 15) is 4.79 Å². The standard InChI is InChI=1S/C13H22N2O2/c1-11(2)14-10-12-6-4-8-15(12)9-5-7-13(16)17-3/h4,6,8,11,14H,5,7,9-10H2,1-3H3. The van der Waals surface area contributed by atoms with Crippen LogP contribution in [0.5, 0.6) is 0 Å². The van der Waals surface area contributed by atoms with Crippen molar-refractivity contribution in [3.63, 3.8) is 0 Å². The van der Waals surface area contributed by atoms with Crippen LogP contribution >= 0.6 is 0 Å². The SMILES string of the molecule is COC(=O)CCCn1cccc1CNC(C)C. The van der Waals surface area contributed by atoms with Crippen LogP contribution in [-0.2, 0) is 22.6 Å². The molecule has 1 aromatic rings. The van der Waals surface area contributed by atoms with Gasteiger partial charge >= 0.3 is 5.97 Å². The van der Waals surface area contributed by atoms with E-state index in [1.54, 1.807) is 0 Å². The fraction of sp³-hybridized carbons (Fsp3) is 0.615. The fourth-order valence-electron chi connectivity index (χ4n) is 1.63. The number of ether oxygens (including phenoxy) is 1. The van der Waals surface area contributed by atoms with Crippen molar-refractivity contribution >= 4 is 5.97 Å². The largest absolute Gasteiger partial charge is 0.469 e. The number of esters is 1. The van der Waals surface area contributed by atoms with Crippen LogP contribution in [0.15, 0.2) is 18.3 Å². The van der Waals surface area contributed by atoms with Gasteiger partial charge in [0.15, 0.2) is 0 Å². The van der Waals surface area contributed by atoms with Crippen LogP contribution < -0.4 is 5.32 Å². The maximum absolute atomic E-state index is 11.0. The number of carbonyl (C=O) groups is 1. The second-order valence-corrected chi connectivity index (χ2v) is 4.41. The molecule has 17 heavy (non-hydrogen) atoms. The lowest BCUT2D eigenvalue weighted by atomic mass is 10.3. The molecule has 0 aliphatic heterocycles. The summed E-state index contributed by atoms with van der Waals surface area (Å²) in [4.78, 5) is 11.0. The number of carbonyl (C=O) groups excluding carboxylic acids is 1. The Hall–Kier alpha value is -1.29. The summed E-state index contributed by atoms with van der Waals surface area (Å²) in [6.07, 6.45) is 3.34. The topological polar surface area (TPSA) is 43.3 Å². The Kier molecular flexibility index (Phi) is 5.77. The minimum atomic E-state index is -0.140. The highest BCUT2D eigenvalue weighted by Crippen LogP contribution is 2.05. The van der Waals surface area contributed by atoms with E-state index in [1.165, 1.54) is 12.8 Å². The number of aromatic nitrogens is 1. The Bertz CT molecular complexity index is 345. The van der Waals surface area contributed by atoms with Crippen molar-refractivity contribution in [1.29, 1.82) is 0 Å². The minimum absolute atomic E-state index is 0.140. The summed E-state index contributed by atoms with van der Waals surface area (Å²) in [7, 11) is 1.43. The Morgan fingerprint density at radius 1 is 1.53 bits per heavy atom. The number of nitrogens with zero attached hydrogens (tertiary/aromatic N) is 1. The Labute approximate surface area is 103 Å². The van der Waals surface area contributed by atoms with Gasteiger partial charge in [-0.15, -0.1) is 0 Å². The highest BCUT2D eigenvalue weighted by molar-refractivity contribution is 5.68. The molecular weight excluding hydrogens is 216 g/mol. The third-order valence-corrected chi connectivity index (χ3v) is 2.62. The zero-order chi connectivity index (χ0) is 12.7. The molecule has 4 heteroatoms. The molecule has 1 aromatic heterocycles. The average Bonchev–Trinajstić information content (AvgIpc) is 2.73. The van der Waals surface area contributed by atoms with Gasteiger partial charge in [0.1, 0.15) is 0 Å². The highest BCUT2D eigenvalue weighted by atomic mass is 16.5. The van der Waals surface area contributed by atoms with Gasteiger partial charge in [0.25, 0.3) is 0 Å². The summed E-state index contributed by atoms with van der Waals surface area (Å²) in [5, 5.41) is 3.39. The maximum atomic E-state index is 11.0. The Morgan fingerprint density at radius 3 is 2.94 bits per heavy atom. The molecule has 0 atom stereocenters. The van der Waals surface area contributed by atoms with Crippen molar-refractivity contribution in [1.82, 2.24) is 9.88 Å². The maximum Gasteiger partial charge on any atom is 0.305 e. The van der Waals surface area contributed by atoms with Crippen molar-refractivity contribution < 1.29 is 9.53 Å². The zero-order valence-corrected chi connectivity index (χ0v) is 10.9. The first-order chi connectivity index (χ1) is 8.13. The van der Waals surface area contributed by atoms with Crippen molar-refractivity contribution in [3.8, 4) is 0 Å². The number of nitrogens with one attached hydrogen (secondary N) is 1. The normalized spacial score (nSPS) is 10.8. The zero-order valence-electron chi connectivity index (χ0n) is 10.9. The van der Waals surface area contributed by atoms with Crippen molar-refractivity contribution in [3.05, 3.63) is 24.0 Å². The van der Waals surface area contributed by atoms with Crippen molar-refractivity contribution in [2.24, 2.45) is 0 Å². The third kappa shape index (κ3) is 5.04. The first-order valence-electron chi connectivity index (χ1n) is 6.07. The molecule has 1 rings (SSSR count). The van der Waals surface area contributed by atoms with Gasteiger partial charge in [0.2, 0.25) is 0 Å². The molecule has 0 radical (unpaired) electrons. The second-order valence-electron chi connectivity index (χ2n) is 4.41. The summed E-state index contributed by atoms with van der Waals surface area (Å²) in [5.41, 5.74) is 1.25. The van der Waals surface area contributed by atoms with Gasteiger partial charge in [0.05, 0.1) is 7.11 Å². The van der Waals surface area contributed by atoms with Gasteiger partial charge in [-0.05, 0) is 18.6 Å². The number of rotatable bonds is 7. The van der Waals surface area contributed by atoms with E-state index >= 15 is 0 Å². The summed E-state index contributed by atoms with van der Waals surface area (Å²) < 4.78 is 6.80. The van der Waals surface area contributed by atoms with Crippen LogP contribution in [0.4, 0.5) is 0 Å². The van der Waals surface area contributed by atoms with Crippen LogP contribution in [0.2, 0.25) is 0 Å². The predicted molar refractivity (Wildman–Crippen MR) is 67.7 cm³/mol. The lowest BCUT2D eigenvalue weighted by molar-refractivity contribution is -0.140. The molecule has 1 heterocycles. The highest BCUT2D eigenvalue weighted by Gasteiger charge is 2.04. The van der Waals surface area contributed by atoms with E-state index in [0.29, 0.717) is 12.5 Å². The van der Waals surface area contributed by atoms with E-state index in [4.69, 9.17) is 0 Å². The first-order valence-corrected chi connectivity index (χ1v) is 6.07. The third-order valence-electron chi connectivity index (χ3n) is 2.62. The summed E-state index contributed by atoms with van der Waals surface area (Å²) >= 11 is 0. The van der Waals surface area contributed by atoms with Gasteiger partial charge in [-0.3, -0.25) is 4.79 Å². The van der Waals surface area contributed by atoms with E-state index in [0.717, 1.165) is 19.5 Å². The number of methoxy groups -OCH3 is 1. The molecule has 0 bridgehead atoms. The summed E-state index contributed by atoms with van der Waals surface area (Å²) in [6, 6.07) is 4.62. The molecule has 0 fully saturated rings. The minimum Gasteiger partial charge on any atom is -0.469 e. The molecule has 4 nitrogen and oxygen atoms in total. The van der Waals surface area contributed by atoms with Crippen molar-refractivity contribution in [2.75, 3.05) is 7.11 Å². The smallest absolute Gasteiger partial charge is 0.305 e. The molecule has 0 aliphatic rings. The molecule has 0 saturated carbocycles. The van der Waals surface area contributed by atoms with Gasteiger partial charge in [0, 0.05) is 37.4 Å². The Balaban J connectivity index is 2.37. The quantitative estimate of drug-likeness (QED) is 0.738. The van der Waals surface area contributed by atoms with Gasteiger partial charge < -0.3 is 14.6 Å². The number of hydrogen-bond donors (Lipinski definition) is 1. The monoisotopic (exact) mass is 238 g/mol. The molecule has 0 spiro atoms. The number of hydrogen-bond acceptors (Lipinski definition) is 3. The van der Waals surface area contributed by atoms with E-state index < -0.39 is 0 Å². The van der Waals surface area contributed by atoms with Crippen molar-refractivity contribution in [2.45, 2.75) is 45.8 Å². The van der Waals surface area contributed by atoms with Crippen LogP contribution in [0.25, 0.3) is 0 Å². The number of aryl methyl sites for hydroxylation is 1. The Morgan fingerprint density at radius 2 is 2.29 bits per heavy atom. The van der Waals surface area contributed by atoms with E-state index in [-0.39, 0.29) is 5.97 Å². The predicted octanol–water partition coefficient (Wildman–Crippen LogP) is 1.94. The molecule has 0 unspecified atom stereocenters. The van der Waals surface area contributed by atoms with E-state index in [2.05, 4.69) is 40.7 Å². The molecule has 0 amide bonds. The molecule has 1 N–H and O–H groups in total. The van der Waals surface area contributed by atoms with Gasteiger partial charge in [-0.2, -0.15) is 0 Å². The van der Waals surface area contributed by atoms with Gasteiger partial charge in [-0.1, -0.05) is 13.8 Å². The average molecular weight is 238 g/mol. The molecule has 0 aliphatic carbocycles. The fourth-order valence-corrected chi connectivity index (χ4v) is 1.63. The summed E-state index contributed by atoms with van der Waals surface area (Å²) in [6.45, 7) is 5.98. The summed E-state index contributed by atoms with van der Waals surface area (Å²) in [5.74, 6) is -0.140. The molecule has 96 valence electrons. The van der Waals surface area contributed by atoms with Crippen LogP contribution in [0, 0.1) is 0 Å². The van der Waals surface area contributed by atoms with Crippen LogP contribution in [0.1, 0.15) is 32.4 Å². The molecule has 0 aromatic carbocycles. The molecule has 0 saturated heterocycles. The van der Waals surface area contributed by atoms with E-state index in [1.807, 2.05) is 6.07 Å². The lowest BCUT2D eigenvalue weighted by Crippen LogP contribution is -2.23. The van der Waals surface area contributed by atoms with Crippen LogP contribution in [0.3, 0.4) is 0 Å². The lowest BCUT2D eigenvalue weighted by Gasteiger charge is -2.11. The molecular formula is C13H22N2O2. The van der Waals surface area contributed by atoms with Crippen LogP contribution in [-0.4, -0.2) is 23.7 Å². The second kappa shape index (κ2) is 7.12. The first kappa shape index (κ1) is 13.8.